The van der Waals surface area contributed by atoms with E-state index in [0.717, 1.165) is 19.5 Å². The first-order valence-electron chi connectivity index (χ1n) is 7.56. The highest BCUT2D eigenvalue weighted by Gasteiger charge is 2.20. The van der Waals surface area contributed by atoms with Gasteiger partial charge in [-0.3, -0.25) is 0 Å². The molecule has 1 heterocycles. The molecular weight excluding hydrogens is 234 g/mol. The number of aryl methyl sites for hydroxylation is 2. The first-order valence-corrected chi connectivity index (χ1v) is 7.56. The SMILES string of the molecule is Cc1cc(C)cc(N2CCCCC(CC(C)O)C2)c1. The summed E-state index contributed by atoms with van der Waals surface area (Å²) >= 11 is 0. The number of aliphatic hydroxyl groups is 1. The van der Waals surface area contributed by atoms with Gasteiger partial charge in [0, 0.05) is 18.8 Å². The van der Waals surface area contributed by atoms with Crippen LogP contribution in [0.1, 0.15) is 43.7 Å². The molecule has 1 aliphatic heterocycles. The van der Waals surface area contributed by atoms with E-state index < -0.39 is 0 Å². The fourth-order valence-electron chi connectivity index (χ4n) is 3.27. The summed E-state index contributed by atoms with van der Waals surface area (Å²) in [7, 11) is 0. The second kappa shape index (κ2) is 6.42. The number of benzene rings is 1. The summed E-state index contributed by atoms with van der Waals surface area (Å²) in [6, 6.07) is 6.81. The zero-order valence-corrected chi connectivity index (χ0v) is 12.5. The fraction of sp³-hybridized carbons (Fsp3) is 0.647. The van der Waals surface area contributed by atoms with Crippen LogP contribution in [0, 0.1) is 19.8 Å². The molecule has 106 valence electrons. The lowest BCUT2D eigenvalue weighted by Crippen LogP contribution is -2.29. The van der Waals surface area contributed by atoms with Gasteiger partial charge >= 0.3 is 0 Å². The monoisotopic (exact) mass is 261 g/mol. The molecule has 2 rings (SSSR count). The van der Waals surface area contributed by atoms with Crippen molar-refractivity contribution >= 4 is 5.69 Å². The summed E-state index contributed by atoms with van der Waals surface area (Å²) in [4.78, 5) is 2.51. The van der Waals surface area contributed by atoms with Crippen LogP contribution < -0.4 is 4.90 Å². The van der Waals surface area contributed by atoms with Gasteiger partial charge in [0.05, 0.1) is 6.10 Å². The molecule has 19 heavy (non-hydrogen) atoms. The molecule has 0 spiro atoms. The minimum absolute atomic E-state index is 0.177. The number of aliphatic hydroxyl groups excluding tert-OH is 1. The van der Waals surface area contributed by atoms with E-state index in [9.17, 15) is 5.11 Å². The van der Waals surface area contributed by atoms with Gasteiger partial charge in [-0.2, -0.15) is 0 Å². The van der Waals surface area contributed by atoms with E-state index in [-0.39, 0.29) is 6.10 Å². The van der Waals surface area contributed by atoms with Crippen molar-refractivity contribution in [2.75, 3.05) is 18.0 Å². The minimum Gasteiger partial charge on any atom is -0.393 e. The van der Waals surface area contributed by atoms with Gasteiger partial charge in [-0.15, -0.1) is 0 Å². The van der Waals surface area contributed by atoms with E-state index in [1.165, 1.54) is 36.1 Å². The van der Waals surface area contributed by atoms with Gasteiger partial charge in [-0.05, 0) is 69.2 Å². The van der Waals surface area contributed by atoms with Crippen molar-refractivity contribution in [3.8, 4) is 0 Å². The van der Waals surface area contributed by atoms with E-state index in [2.05, 4.69) is 36.9 Å². The summed E-state index contributed by atoms with van der Waals surface area (Å²) in [6.07, 6.45) is 4.57. The average molecular weight is 261 g/mol. The Morgan fingerprint density at radius 2 is 1.89 bits per heavy atom. The number of hydrogen-bond acceptors (Lipinski definition) is 2. The Morgan fingerprint density at radius 3 is 2.53 bits per heavy atom. The predicted molar refractivity (Wildman–Crippen MR) is 81.8 cm³/mol. The van der Waals surface area contributed by atoms with E-state index in [1.54, 1.807) is 0 Å². The van der Waals surface area contributed by atoms with Crippen molar-refractivity contribution in [1.82, 2.24) is 0 Å². The molecule has 2 atom stereocenters. The molecule has 2 unspecified atom stereocenters. The molecule has 0 aliphatic carbocycles. The van der Waals surface area contributed by atoms with Gasteiger partial charge in [0.15, 0.2) is 0 Å². The third-order valence-electron chi connectivity index (χ3n) is 4.02. The number of rotatable bonds is 3. The summed E-state index contributed by atoms with van der Waals surface area (Å²) in [6.45, 7) is 8.49. The Morgan fingerprint density at radius 1 is 1.21 bits per heavy atom. The molecule has 1 N–H and O–H groups in total. The van der Waals surface area contributed by atoms with Gasteiger partial charge in [0.2, 0.25) is 0 Å². The molecule has 1 aromatic rings. The predicted octanol–water partition coefficient (Wildman–Crippen LogP) is 3.68. The maximum absolute atomic E-state index is 9.62. The Balaban J connectivity index is 2.12. The second-order valence-corrected chi connectivity index (χ2v) is 6.24. The van der Waals surface area contributed by atoms with Crippen molar-refractivity contribution in [2.45, 2.75) is 52.6 Å². The van der Waals surface area contributed by atoms with Crippen LogP contribution in [0.15, 0.2) is 18.2 Å². The van der Waals surface area contributed by atoms with Crippen molar-refractivity contribution in [2.24, 2.45) is 5.92 Å². The van der Waals surface area contributed by atoms with Crippen LogP contribution >= 0.6 is 0 Å². The van der Waals surface area contributed by atoms with Crippen molar-refractivity contribution < 1.29 is 5.11 Å². The molecule has 1 fully saturated rings. The fourth-order valence-corrected chi connectivity index (χ4v) is 3.27. The van der Waals surface area contributed by atoms with Gasteiger partial charge in [-0.1, -0.05) is 12.5 Å². The molecule has 0 saturated carbocycles. The molecule has 0 amide bonds. The molecular formula is C17H27NO. The summed E-state index contributed by atoms with van der Waals surface area (Å²) < 4.78 is 0. The van der Waals surface area contributed by atoms with E-state index in [4.69, 9.17) is 0 Å². The average Bonchev–Trinajstić information content (AvgIpc) is 2.52. The standard InChI is InChI=1S/C17H27NO/c1-13-8-14(2)10-17(9-13)18-7-5-4-6-16(12-18)11-15(3)19/h8-10,15-16,19H,4-7,11-12H2,1-3H3. The Hall–Kier alpha value is -1.02. The lowest BCUT2D eigenvalue weighted by atomic mass is 9.97. The zero-order valence-electron chi connectivity index (χ0n) is 12.5. The summed E-state index contributed by atoms with van der Waals surface area (Å²) in [5, 5.41) is 9.62. The van der Waals surface area contributed by atoms with Crippen LogP contribution in [0.4, 0.5) is 5.69 Å². The van der Waals surface area contributed by atoms with Crippen LogP contribution in [-0.2, 0) is 0 Å². The maximum atomic E-state index is 9.62. The van der Waals surface area contributed by atoms with Crippen LogP contribution in [0.25, 0.3) is 0 Å². The van der Waals surface area contributed by atoms with Gasteiger partial charge < -0.3 is 10.0 Å². The lowest BCUT2D eigenvalue weighted by Gasteiger charge is -2.27. The lowest BCUT2D eigenvalue weighted by molar-refractivity contribution is 0.159. The van der Waals surface area contributed by atoms with Crippen molar-refractivity contribution in [1.29, 1.82) is 0 Å². The molecule has 0 aromatic heterocycles. The van der Waals surface area contributed by atoms with Crippen LogP contribution in [0.5, 0.6) is 0 Å². The first kappa shape index (κ1) is 14.4. The van der Waals surface area contributed by atoms with Gasteiger partial charge in [-0.25, -0.2) is 0 Å². The summed E-state index contributed by atoms with van der Waals surface area (Å²) in [5.74, 6) is 0.628. The first-order chi connectivity index (χ1) is 9.04. The normalized spacial score (nSPS) is 22.1. The minimum atomic E-state index is -0.177. The number of hydrogen-bond donors (Lipinski definition) is 1. The van der Waals surface area contributed by atoms with Gasteiger partial charge in [0.25, 0.3) is 0 Å². The molecule has 2 nitrogen and oxygen atoms in total. The highest BCUT2D eigenvalue weighted by molar-refractivity contribution is 5.51. The summed E-state index contributed by atoms with van der Waals surface area (Å²) in [5.41, 5.74) is 4.03. The molecule has 2 heteroatoms. The smallest absolute Gasteiger partial charge is 0.0515 e. The van der Waals surface area contributed by atoms with Crippen molar-refractivity contribution in [3.63, 3.8) is 0 Å². The third kappa shape index (κ3) is 4.24. The highest BCUT2D eigenvalue weighted by Crippen LogP contribution is 2.26. The van der Waals surface area contributed by atoms with Crippen molar-refractivity contribution in [3.05, 3.63) is 29.3 Å². The van der Waals surface area contributed by atoms with E-state index in [0.29, 0.717) is 5.92 Å². The Bertz CT molecular complexity index is 393. The number of anilines is 1. The number of nitrogens with zero attached hydrogens (tertiary/aromatic N) is 1. The van der Waals surface area contributed by atoms with E-state index >= 15 is 0 Å². The molecule has 0 bridgehead atoms. The molecule has 1 aromatic carbocycles. The van der Waals surface area contributed by atoms with E-state index in [1.807, 2.05) is 6.92 Å². The molecule has 1 aliphatic rings. The maximum Gasteiger partial charge on any atom is 0.0515 e. The third-order valence-corrected chi connectivity index (χ3v) is 4.02. The van der Waals surface area contributed by atoms with Crippen LogP contribution in [0.2, 0.25) is 0 Å². The Labute approximate surface area is 117 Å². The quantitative estimate of drug-likeness (QED) is 0.897. The van der Waals surface area contributed by atoms with Gasteiger partial charge in [0.1, 0.15) is 0 Å². The zero-order chi connectivity index (χ0) is 13.8. The largest absolute Gasteiger partial charge is 0.393 e. The Kier molecular flexibility index (Phi) is 4.87. The van der Waals surface area contributed by atoms with Crippen LogP contribution in [0.3, 0.4) is 0 Å². The molecule has 1 saturated heterocycles. The highest BCUT2D eigenvalue weighted by atomic mass is 16.3. The van der Waals surface area contributed by atoms with Crippen LogP contribution in [-0.4, -0.2) is 24.3 Å². The topological polar surface area (TPSA) is 23.5 Å². The second-order valence-electron chi connectivity index (χ2n) is 6.24. The molecule has 0 radical (unpaired) electrons.